The maximum atomic E-state index is 12.9. The molecule has 0 fully saturated rings. The molecule has 8 nitrogen and oxygen atoms in total. The van der Waals surface area contributed by atoms with E-state index < -0.39 is 22.6 Å². The number of benzene rings is 3. The molecule has 1 heterocycles. The standard InChI is InChI=1S/C28H28N2O6S/c1-28(2)22-12-5-7-14-24(22)30(3)26(28)17-20(31)18-36-27(32)19-10-9-11-21(16-19)37(33,34)29-23-13-6-8-15-25(23)35-4/h5-17,29H,18H2,1-4H3. The number of likely N-dealkylation sites (N-methyl/N-ethyl adjacent to an activating group) is 1. The average molecular weight is 521 g/mol. The summed E-state index contributed by atoms with van der Waals surface area (Å²) < 4.78 is 38.7. The molecule has 3 aromatic rings. The number of carbonyl (C=O) groups excluding carboxylic acids is 2. The lowest BCUT2D eigenvalue weighted by Crippen LogP contribution is -2.25. The van der Waals surface area contributed by atoms with Crippen LogP contribution in [0.1, 0.15) is 29.8 Å². The van der Waals surface area contributed by atoms with Crippen LogP contribution in [0.15, 0.2) is 89.5 Å². The van der Waals surface area contributed by atoms with Gasteiger partial charge in [0.15, 0.2) is 12.4 Å². The van der Waals surface area contributed by atoms with E-state index in [0.29, 0.717) is 5.75 Å². The minimum Gasteiger partial charge on any atom is -0.495 e. The fraction of sp³-hybridized carbons (Fsp3) is 0.214. The number of rotatable bonds is 8. The maximum absolute atomic E-state index is 12.9. The van der Waals surface area contributed by atoms with Gasteiger partial charge in [0.1, 0.15) is 5.75 Å². The van der Waals surface area contributed by atoms with Crippen LogP contribution in [0.25, 0.3) is 0 Å². The Kier molecular flexibility index (Phi) is 7.09. The predicted molar refractivity (Wildman–Crippen MR) is 141 cm³/mol. The number of ether oxygens (including phenoxy) is 2. The SMILES string of the molecule is COc1ccccc1NS(=O)(=O)c1cccc(C(=O)OCC(=O)C=C2N(C)c3ccccc3C2(C)C)c1. The zero-order chi connectivity index (χ0) is 26.8. The summed E-state index contributed by atoms with van der Waals surface area (Å²) >= 11 is 0. The summed E-state index contributed by atoms with van der Waals surface area (Å²) in [6.45, 7) is 3.59. The van der Waals surface area contributed by atoms with Crippen molar-refractivity contribution in [3.63, 3.8) is 0 Å². The highest BCUT2D eigenvalue weighted by atomic mass is 32.2. The van der Waals surface area contributed by atoms with Gasteiger partial charge in [-0.3, -0.25) is 9.52 Å². The van der Waals surface area contributed by atoms with Crippen molar-refractivity contribution in [1.29, 1.82) is 0 Å². The van der Waals surface area contributed by atoms with Crippen LogP contribution in [0.4, 0.5) is 11.4 Å². The number of nitrogens with one attached hydrogen (secondary N) is 1. The smallest absolute Gasteiger partial charge is 0.338 e. The lowest BCUT2D eigenvalue weighted by Gasteiger charge is -2.23. The highest BCUT2D eigenvalue weighted by Gasteiger charge is 2.38. The van der Waals surface area contributed by atoms with Gasteiger partial charge in [0, 0.05) is 29.9 Å². The summed E-state index contributed by atoms with van der Waals surface area (Å²) in [6, 6.07) is 19.9. The third-order valence-electron chi connectivity index (χ3n) is 6.32. The topological polar surface area (TPSA) is 102 Å². The number of para-hydroxylation sites is 3. The number of hydrogen-bond acceptors (Lipinski definition) is 7. The molecule has 3 aromatic carbocycles. The van der Waals surface area contributed by atoms with Gasteiger partial charge in [0.05, 0.1) is 23.3 Å². The lowest BCUT2D eigenvalue weighted by atomic mass is 9.83. The van der Waals surface area contributed by atoms with Gasteiger partial charge >= 0.3 is 5.97 Å². The third-order valence-corrected chi connectivity index (χ3v) is 7.68. The van der Waals surface area contributed by atoms with Crippen LogP contribution < -0.4 is 14.4 Å². The van der Waals surface area contributed by atoms with Gasteiger partial charge in [0.2, 0.25) is 0 Å². The van der Waals surface area contributed by atoms with E-state index in [1.807, 2.05) is 50.1 Å². The molecule has 1 aliphatic heterocycles. The van der Waals surface area contributed by atoms with Crippen molar-refractivity contribution in [1.82, 2.24) is 0 Å². The normalized spacial score (nSPS) is 15.2. The van der Waals surface area contributed by atoms with Gasteiger partial charge in [-0.25, -0.2) is 13.2 Å². The Balaban J connectivity index is 1.45. The van der Waals surface area contributed by atoms with Crippen LogP contribution in [-0.2, 0) is 25.0 Å². The molecule has 0 unspecified atom stereocenters. The Bertz CT molecular complexity index is 1490. The second-order valence-electron chi connectivity index (χ2n) is 9.11. The molecule has 0 radical (unpaired) electrons. The summed E-state index contributed by atoms with van der Waals surface area (Å²) in [6.07, 6.45) is 1.49. The zero-order valence-electron chi connectivity index (χ0n) is 21.0. The van der Waals surface area contributed by atoms with Crippen molar-refractivity contribution in [2.45, 2.75) is 24.2 Å². The zero-order valence-corrected chi connectivity index (χ0v) is 21.8. The van der Waals surface area contributed by atoms with Crippen LogP contribution >= 0.6 is 0 Å². The number of carbonyl (C=O) groups is 2. The van der Waals surface area contributed by atoms with Gasteiger partial charge in [-0.1, -0.05) is 50.2 Å². The monoisotopic (exact) mass is 520 g/mol. The fourth-order valence-electron chi connectivity index (χ4n) is 4.40. The molecular formula is C28H28N2O6S. The Morgan fingerprint density at radius 3 is 2.43 bits per heavy atom. The molecule has 0 bridgehead atoms. The molecule has 0 saturated heterocycles. The van der Waals surface area contributed by atoms with Crippen molar-refractivity contribution in [2.75, 3.05) is 30.4 Å². The Hall–Kier alpha value is -4.11. The van der Waals surface area contributed by atoms with Crippen LogP contribution in [0, 0.1) is 0 Å². The maximum Gasteiger partial charge on any atom is 0.338 e. The molecule has 1 aliphatic rings. The molecule has 192 valence electrons. The Labute approximate surface area is 216 Å². The minimum atomic E-state index is -4.01. The van der Waals surface area contributed by atoms with Crippen molar-refractivity contribution in [3.8, 4) is 5.75 Å². The number of hydrogen-bond donors (Lipinski definition) is 1. The van der Waals surface area contributed by atoms with Crippen LogP contribution in [-0.4, -0.2) is 40.9 Å². The van der Waals surface area contributed by atoms with E-state index in [1.54, 1.807) is 24.3 Å². The number of allylic oxidation sites excluding steroid dienone is 1. The average Bonchev–Trinajstić information content (AvgIpc) is 3.08. The molecule has 0 aromatic heterocycles. The molecule has 0 saturated carbocycles. The number of ketones is 1. The second-order valence-corrected chi connectivity index (χ2v) is 10.8. The number of sulfonamides is 1. The van der Waals surface area contributed by atoms with Gasteiger partial charge in [-0.2, -0.15) is 0 Å². The van der Waals surface area contributed by atoms with Crippen molar-refractivity contribution < 1.29 is 27.5 Å². The molecule has 9 heteroatoms. The first-order valence-electron chi connectivity index (χ1n) is 11.6. The summed E-state index contributed by atoms with van der Waals surface area (Å²) in [4.78, 5) is 27.2. The van der Waals surface area contributed by atoms with E-state index in [2.05, 4.69) is 4.72 Å². The first-order valence-corrected chi connectivity index (χ1v) is 13.0. The first-order chi connectivity index (χ1) is 17.5. The van der Waals surface area contributed by atoms with Crippen molar-refractivity contribution in [3.05, 3.63) is 95.7 Å². The van der Waals surface area contributed by atoms with E-state index in [0.717, 1.165) is 16.9 Å². The number of fused-ring (bicyclic) bond motifs is 1. The summed E-state index contributed by atoms with van der Waals surface area (Å²) in [5.74, 6) is -0.824. The van der Waals surface area contributed by atoms with E-state index in [1.165, 1.54) is 37.5 Å². The van der Waals surface area contributed by atoms with Gasteiger partial charge < -0.3 is 14.4 Å². The summed E-state index contributed by atoms with van der Waals surface area (Å²) in [7, 11) is -0.685. The first kappa shape index (κ1) is 26.0. The largest absolute Gasteiger partial charge is 0.495 e. The number of esters is 1. The van der Waals surface area contributed by atoms with Crippen molar-refractivity contribution >= 4 is 33.2 Å². The molecule has 0 aliphatic carbocycles. The molecule has 0 amide bonds. The van der Waals surface area contributed by atoms with Crippen LogP contribution in [0.2, 0.25) is 0 Å². The number of nitrogens with zero attached hydrogens (tertiary/aromatic N) is 1. The lowest BCUT2D eigenvalue weighted by molar-refractivity contribution is -0.117. The molecule has 37 heavy (non-hydrogen) atoms. The van der Waals surface area contributed by atoms with Crippen LogP contribution in [0.3, 0.4) is 0 Å². The molecule has 0 spiro atoms. The quantitative estimate of drug-likeness (QED) is 0.344. The molecule has 1 N–H and O–H groups in total. The van der Waals surface area contributed by atoms with E-state index in [4.69, 9.17) is 9.47 Å². The van der Waals surface area contributed by atoms with E-state index in [9.17, 15) is 18.0 Å². The Morgan fingerprint density at radius 1 is 1.00 bits per heavy atom. The van der Waals surface area contributed by atoms with Crippen molar-refractivity contribution in [2.24, 2.45) is 0 Å². The molecule has 0 atom stereocenters. The van der Waals surface area contributed by atoms with Crippen LogP contribution in [0.5, 0.6) is 5.75 Å². The second kappa shape index (κ2) is 10.1. The fourth-order valence-corrected chi connectivity index (χ4v) is 5.51. The predicted octanol–water partition coefficient (Wildman–Crippen LogP) is 4.53. The third kappa shape index (κ3) is 5.22. The van der Waals surface area contributed by atoms with Gasteiger partial charge in [0.25, 0.3) is 10.0 Å². The molecular weight excluding hydrogens is 492 g/mol. The summed E-state index contributed by atoms with van der Waals surface area (Å²) in [5.41, 5.74) is 2.80. The minimum absolute atomic E-state index is 0.00840. The molecule has 4 rings (SSSR count). The highest BCUT2D eigenvalue weighted by Crippen LogP contribution is 2.46. The number of anilines is 2. The Morgan fingerprint density at radius 2 is 1.70 bits per heavy atom. The van der Waals surface area contributed by atoms with Gasteiger partial charge in [-0.05, 0) is 42.0 Å². The van der Waals surface area contributed by atoms with Gasteiger partial charge in [-0.15, -0.1) is 0 Å². The number of methoxy groups -OCH3 is 1. The summed E-state index contributed by atoms with van der Waals surface area (Å²) in [5, 5.41) is 0. The van der Waals surface area contributed by atoms with E-state index in [-0.39, 0.29) is 27.3 Å². The van der Waals surface area contributed by atoms with E-state index >= 15 is 0 Å². The highest BCUT2D eigenvalue weighted by molar-refractivity contribution is 7.92.